The Hall–Kier alpha value is -1.82. The number of aryl methyl sites for hydroxylation is 1. The summed E-state index contributed by atoms with van der Waals surface area (Å²) < 4.78 is 11.5. The van der Waals surface area contributed by atoms with Crippen molar-refractivity contribution in [2.75, 3.05) is 19.5 Å². The normalized spacial score (nSPS) is 10.2. The van der Waals surface area contributed by atoms with Crippen LogP contribution in [0, 0.1) is 6.92 Å². The molecule has 0 atom stereocenters. The molecule has 1 N–H and O–H groups in total. The molecule has 0 fully saturated rings. The van der Waals surface area contributed by atoms with Gasteiger partial charge in [0.15, 0.2) is 0 Å². The number of benzene rings is 1. The van der Waals surface area contributed by atoms with Gasteiger partial charge in [0, 0.05) is 10.2 Å². The molecule has 1 aromatic carbocycles. The molecule has 0 bridgehead atoms. The first-order chi connectivity index (χ1) is 9.63. The second-order valence-corrected chi connectivity index (χ2v) is 5.16. The number of anilines is 1. The zero-order valence-corrected chi connectivity index (χ0v) is 13.2. The molecule has 20 heavy (non-hydrogen) atoms. The number of hydrogen-bond donors (Lipinski definition) is 1. The topological polar surface area (TPSA) is 56.3 Å². The molecular weight excluding hydrogens is 322 g/mol. The molecule has 0 aliphatic rings. The summed E-state index contributed by atoms with van der Waals surface area (Å²) in [5.41, 5.74) is 2.96. The van der Waals surface area contributed by atoms with Crippen LogP contribution in [0.15, 0.2) is 29.0 Å². The lowest BCUT2D eigenvalue weighted by Crippen LogP contribution is -2.06. The average Bonchev–Trinajstić information content (AvgIpc) is 2.43. The Bertz CT molecular complexity index is 562. The van der Waals surface area contributed by atoms with E-state index in [4.69, 9.17) is 9.47 Å². The molecule has 6 heteroatoms. The van der Waals surface area contributed by atoms with Crippen LogP contribution in [0.5, 0.6) is 11.8 Å². The predicted molar refractivity (Wildman–Crippen MR) is 81.3 cm³/mol. The second-order valence-electron chi connectivity index (χ2n) is 4.24. The number of rotatable bonds is 5. The Balaban J connectivity index is 2.22. The quantitative estimate of drug-likeness (QED) is 0.907. The lowest BCUT2D eigenvalue weighted by atomic mass is 10.2. The molecule has 0 amide bonds. The van der Waals surface area contributed by atoms with E-state index in [0.29, 0.717) is 18.3 Å². The highest BCUT2D eigenvalue weighted by Crippen LogP contribution is 2.25. The molecular formula is C14H16BrN3O2. The number of methoxy groups -OCH3 is 2. The molecule has 0 aliphatic heterocycles. The van der Waals surface area contributed by atoms with Gasteiger partial charge >= 0.3 is 0 Å². The van der Waals surface area contributed by atoms with Crippen LogP contribution in [0.2, 0.25) is 0 Å². The summed E-state index contributed by atoms with van der Waals surface area (Å²) in [6, 6.07) is 6.13. The minimum atomic E-state index is 0.510. The Morgan fingerprint density at radius 1 is 1.10 bits per heavy atom. The SMILES string of the molecule is COc1ncnc(OC)c1CNc1cc(C)cc(Br)c1. The molecule has 1 heterocycles. The monoisotopic (exact) mass is 337 g/mol. The van der Waals surface area contributed by atoms with E-state index in [1.807, 2.05) is 13.0 Å². The van der Waals surface area contributed by atoms with Gasteiger partial charge in [0.2, 0.25) is 11.8 Å². The highest BCUT2D eigenvalue weighted by atomic mass is 79.9. The highest BCUT2D eigenvalue weighted by molar-refractivity contribution is 9.10. The Morgan fingerprint density at radius 2 is 1.75 bits per heavy atom. The van der Waals surface area contributed by atoms with Crippen molar-refractivity contribution in [1.82, 2.24) is 9.97 Å². The highest BCUT2D eigenvalue weighted by Gasteiger charge is 2.12. The molecule has 0 radical (unpaired) electrons. The zero-order valence-electron chi connectivity index (χ0n) is 11.6. The minimum Gasteiger partial charge on any atom is -0.481 e. The van der Waals surface area contributed by atoms with E-state index in [1.165, 1.54) is 11.9 Å². The van der Waals surface area contributed by atoms with Gasteiger partial charge in [-0.1, -0.05) is 15.9 Å². The van der Waals surface area contributed by atoms with Gasteiger partial charge in [-0.3, -0.25) is 0 Å². The van der Waals surface area contributed by atoms with Gasteiger partial charge in [0.1, 0.15) is 6.33 Å². The number of halogens is 1. The van der Waals surface area contributed by atoms with E-state index in [-0.39, 0.29) is 0 Å². The summed E-state index contributed by atoms with van der Waals surface area (Å²) in [6.45, 7) is 2.56. The van der Waals surface area contributed by atoms with Crippen LogP contribution in [0.3, 0.4) is 0 Å². The summed E-state index contributed by atoms with van der Waals surface area (Å²) in [6.07, 6.45) is 1.42. The van der Waals surface area contributed by atoms with Crippen molar-refractivity contribution in [3.63, 3.8) is 0 Å². The van der Waals surface area contributed by atoms with E-state index < -0.39 is 0 Å². The van der Waals surface area contributed by atoms with E-state index >= 15 is 0 Å². The maximum Gasteiger partial charge on any atom is 0.225 e. The minimum absolute atomic E-state index is 0.510. The molecule has 0 aliphatic carbocycles. The molecule has 1 aromatic heterocycles. The van der Waals surface area contributed by atoms with Crippen LogP contribution in [0.25, 0.3) is 0 Å². The van der Waals surface area contributed by atoms with Crippen molar-refractivity contribution in [3.05, 3.63) is 40.1 Å². The van der Waals surface area contributed by atoms with E-state index in [0.717, 1.165) is 15.7 Å². The Kier molecular flexibility index (Phi) is 4.79. The first-order valence-electron chi connectivity index (χ1n) is 6.07. The van der Waals surface area contributed by atoms with Gasteiger partial charge in [0.05, 0.1) is 26.3 Å². The number of aromatic nitrogens is 2. The molecule has 5 nitrogen and oxygen atoms in total. The Morgan fingerprint density at radius 3 is 2.30 bits per heavy atom. The van der Waals surface area contributed by atoms with Gasteiger partial charge in [-0.25, -0.2) is 9.97 Å². The maximum atomic E-state index is 5.24. The van der Waals surface area contributed by atoms with Gasteiger partial charge in [-0.05, 0) is 30.7 Å². The van der Waals surface area contributed by atoms with E-state index in [9.17, 15) is 0 Å². The van der Waals surface area contributed by atoms with Crippen molar-refractivity contribution >= 4 is 21.6 Å². The summed E-state index contributed by atoms with van der Waals surface area (Å²) in [5, 5.41) is 3.32. The van der Waals surface area contributed by atoms with E-state index in [2.05, 4.69) is 43.3 Å². The lowest BCUT2D eigenvalue weighted by molar-refractivity contribution is 0.363. The third kappa shape index (κ3) is 3.39. The van der Waals surface area contributed by atoms with E-state index in [1.54, 1.807) is 14.2 Å². The summed E-state index contributed by atoms with van der Waals surface area (Å²) in [7, 11) is 3.16. The Labute approximate surface area is 126 Å². The largest absolute Gasteiger partial charge is 0.481 e. The predicted octanol–water partition coefficient (Wildman–Crippen LogP) is 3.18. The van der Waals surface area contributed by atoms with Crippen LogP contribution < -0.4 is 14.8 Å². The zero-order chi connectivity index (χ0) is 14.5. The van der Waals surface area contributed by atoms with Crippen LogP contribution in [0.4, 0.5) is 5.69 Å². The fourth-order valence-corrected chi connectivity index (χ4v) is 2.52. The second kappa shape index (κ2) is 6.56. The molecule has 0 saturated heterocycles. The van der Waals surface area contributed by atoms with Crippen LogP contribution in [-0.2, 0) is 6.54 Å². The van der Waals surface area contributed by atoms with Gasteiger partial charge < -0.3 is 14.8 Å². The fourth-order valence-electron chi connectivity index (χ4n) is 1.91. The summed E-state index contributed by atoms with van der Waals surface area (Å²) in [5.74, 6) is 1.02. The van der Waals surface area contributed by atoms with Crippen molar-refractivity contribution in [3.8, 4) is 11.8 Å². The standard InChI is InChI=1S/C14H16BrN3O2/c1-9-4-10(15)6-11(5-9)16-7-12-13(19-2)17-8-18-14(12)20-3/h4-6,8,16H,7H2,1-3H3. The number of nitrogens with zero attached hydrogens (tertiary/aromatic N) is 2. The maximum absolute atomic E-state index is 5.24. The molecule has 2 rings (SSSR count). The number of hydrogen-bond acceptors (Lipinski definition) is 5. The molecule has 0 saturated carbocycles. The van der Waals surface area contributed by atoms with Crippen molar-refractivity contribution in [2.45, 2.75) is 13.5 Å². The third-order valence-corrected chi connectivity index (χ3v) is 3.22. The van der Waals surface area contributed by atoms with Crippen molar-refractivity contribution in [2.24, 2.45) is 0 Å². The molecule has 0 unspecified atom stereocenters. The van der Waals surface area contributed by atoms with Crippen molar-refractivity contribution in [1.29, 1.82) is 0 Å². The van der Waals surface area contributed by atoms with Gasteiger partial charge in [-0.2, -0.15) is 0 Å². The van der Waals surface area contributed by atoms with Gasteiger partial charge in [0.25, 0.3) is 0 Å². The van der Waals surface area contributed by atoms with Crippen LogP contribution >= 0.6 is 15.9 Å². The molecule has 0 spiro atoms. The molecule has 2 aromatic rings. The van der Waals surface area contributed by atoms with Crippen LogP contribution in [-0.4, -0.2) is 24.2 Å². The summed E-state index contributed by atoms with van der Waals surface area (Å²) >= 11 is 3.48. The lowest BCUT2D eigenvalue weighted by Gasteiger charge is -2.13. The molecule has 106 valence electrons. The first kappa shape index (κ1) is 14.6. The number of nitrogens with one attached hydrogen (secondary N) is 1. The van der Waals surface area contributed by atoms with Crippen molar-refractivity contribution < 1.29 is 9.47 Å². The summed E-state index contributed by atoms with van der Waals surface area (Å²) in [4.78, 5) is 8.18. The fraction of sp³-hybridized carbons (Fsp3) is 0.286. The smallest absolute Gasteiger partial charge is 0.225 e. The van der Waals surface area contributed by atoms with Crippen LogP contribution in [0.1, 0.15) is 11.1 Å². The first-order valence-corrected chi connectivity index (χ1v) is 6.86. The third-order valence-electron chi connectivity index (χ3n) is 2.76. The number of ether oxygens (including phenoxy) is 2. The average molecular weight is 338 g/mol. The van der Waals surface area contributed by atoms with Gasteiger partial charge in [-0.15, -0.1) is 0 Å².